The van der Waals surface area contributed by atoms with Crippen LogP contribution in [0.4, 0.5) is 0 Å². The second-order valence-electron chi connectivity index (χ2n) is 6.80. The lowest BCUT2D eigenvalue weighted by molar-refractivity contribution is -0.217. The lowest BCUT2D eigenvalue weighted by Crippen LogP contribution is -2.46. The molecule has 1 spiro atoms. The zero-order valence-electron chi connectivity index (χ0n) is 13.8. The van der Waals surface area contributed by atoms with Gasteiger partial charge >= 0.3 is 0 Å². The van der Waals surface area contributed by atoms with Crippen molar-refractivity contribution in [1.82, 2.24) is 0 Å². The first-order chi connectivity index (χ1) is 10.8. The van der Waals surface area contributed by atoms with Gasteiger partial charge in [-0.05, 0) is 31.2 Å². The lowest BCUT2D eigenvalue weighted by Gasteiger charge is -2.48. The minimum absolute atomic E-state index is 0.0248. The van der Waals surface area contributed by atoms with Crippen molar-refractivity contribution < 1.29 is 14.2 Å². The first-order valence-corrected chi connectivity index (χ1v) is 8.55. The number of benzene rings is 1. The molecule has 2 aliphatic rings. The van der Waals surface area contributed by atoms with Gasteiger partial charge in [0.05, 0.1) is 11.7 Å². The second-order valence-corrected chi connectivity index (χ2v) is 6.80. The molecular formula is C19H28O3. The number of ether oxygens (including phenoxy) is 3. The second kappa shape index (κ2) is 7.12. The van der Waals surface area contributed by atoms with E-state index in [2.05, 4.69) is 30.3 Å². The van der Waals surface area contributed by atoms with E-state index < -0.39 is 0 Å². The smallest absolute Gasteiger partial charge is 0.159 e. The molecule has 122 valence electrons. The predicted octanol–water partition coefficient (Wildman–Crippen LogP) is 4.48. The molecule has 1 saturated heterocycles. The predicted molar refractivity (Wildman–Crippen MR) is 86.6 cm³/mol. The van der Waals surface area contributed by atoms with E-state index in [0.717, 1.165) is 12.8 Å². The molecule has 1 aromatic carbocycles. The van der Waals surface area contributed by atoms with Gasteiger partial charge in [-0.3, -0.25) is 0 Å². The molecular weight excluding hydrogens is 276 g/mol. The van der Waals surface area contributed by atoms with Crippen LogP contribution in [0.3, 0.4) is 0 Å². The first-order valence-electron chi connectivity index (χ1n) is 8.55. The highest BCUT2D eigenvalue weighted by atomic mass is 16.7. The Morgan fingerprint density at radius 1 is 1.05 bits per heavy atom. The Balaban J connectivity index is 1.84. The van der Waals surface area contributed by atoms with Gasteiger partial charge in [-0.15, -0.1) is 0 Å². The Morgan fingerprint density at radius 2 is 1.73 bits per heavy atom. The van der Waals surface area contributed by atoms with Gasteiger partial charge in [0, 0.05) is 20.1 Å². The topological polar surface area (TPSA) is 27.7 Å². The van der Waals surface area contributed by atoms with Crippen LogP contribution in [-0.2, 0) is 14.2 Å². The summed E-state index contributed by atoms with van der Waals surface area (Å²) in [7, 11) is 3.49. The molecule has 2 fully saturated rings. The van der Waals surface area contributed by atoms with E-state index in [-0.39, 0.29) is 18.0 Å². The molecule has 0 aromatic heterocycles. The fourth-order valence-corrected chi connectivity index (χ4v) is 4.31. The van der Waals surface area contributed by atoms with Gasteiger partial charge in [-0.25, -0.2) is 0 Å². The van der Waals surface area contributed by atoms with E-state index >= 15 is 0 Å². The standard InChI is InChI=1S/C19H28O3/c1-20-18(21-2)16-13-17(15-9-5-3-6-10-15)22-19(14-16)11-7-4-8-12-19/h3,5-6,9-10,16-18H,4,7-8,11-14H2,1-2H3/t16-,17-/m1/s1. The van der Waals surface area contributed by atoms with E-state index in [1.807, 2.05) is 0 Å². The summed E-state index contributed by atoms with van der Waals surface area (Å²) in [6, 6.07) is 10.6. The Morgan fingerprint density at radius 3 is 2.36 bits per heavy atom. The fourth-order valence-electron chi connectivity index (χ4n) is 4.31. The molecule has 1 saturated carbocycles. The van der Waals surface area contributed by atoms with Gasteiger partial charge in [-0.2, -0.15) is 0 Å². The van der Waals surface area contributed by atoms with Crippen molar-refractivity contribution in [3.63, 3.8) is 0 Å². The molecule has 1 aromatic rings. The van der Waals surface area contributed by atoms with Crippen LogP contribution in [0.25, 0.3) is 0 Å². The molecule has 0 amide bonds. The molecule has 0 N–H and O–H groups in total. The van der Waals surface area contributed by atoms with Crippen LogP contribution in [0.1, 0.15) is 56.6 Å². The summed E-state index contributed by atoms with van der Waals surface area (Å²) in [5, 5.41) is 0. The fraction of sp³-hybridized carbons (Fsp3) is 0.684. The molecule has 3 rings (SSSR count). The zero-order chi connectivity index (χ0) is 15.4. The Bertz CT molecular complexity index is 449. The van der Waals surface area contributed by atoms with E-state index in [4.69, 9.17) is 14.2 Å². The molecule has 3 nitrogen and oxygen atoms in total. The molecule has 1 aliphatic carbocycles. The van der Waals surface area contributed by atoms with Crippen LogP contribution in [0.2, 0.25) is 0 Å². The van der Waals surface area contributed by atoms with Crippen molar-refractivity contribution in [3.8, 4) is 0 Å². The molecule has 0 unspecified atom stereocenters. The van der Waals surface area contributed by atoms with Crippen molar-refractivity contribution in [2.24, 2.45) is 5.92 Å². The van der Waals surface area contributed by atoms with Crippen LogP contribution in [0.5, 0.6) is 0 Å². The molecule has 2 atom stereocenters. The Labute approximate surface area is 134 Å². The maximum Gasteiger partial charge on any atom is 0.159 e. The van der Waals surface area contributed by atoms with E-state index in [9.17, 15) is 0 Å². The molecule has 1 aliphatic heterocycles. The van der Waals surface area contributed by atoms with Gasteiger partial charge in [0.2, 0.25) is 0 Å². The minimum Gasteiger partial charge on any atom is -0.367 e. The van der Waals surface area contributed by atoms with Gasteiger partial charge in [0.15, 0.2) is 6.29 Å². The number of hydrogen-bond acceptors (Lipinski definition) is 3. The maximum atomic E-state index is 6.66. The van der Waals surface area contributed by atoms with E-state index in [0.29, 0.717) is 5.92 Å². The summed E-state index contributed by atoms with van der Waals surface area (Å²) in [6.45, 7) is 0. The summed E-state index contributed by atoms with van der Waals surface area (Å²) < 4.78 is 17.8. The third kappa shape index (κ3) is 3.37. The number of methoxy groups -OCH3 is 2. The summed E-state index contributed by atoms with van der Waals surface area (Å²) in [4.78, 5) is 0. The largest absolute Gasteiger partial charge is 0.367 e. The summed E-state index contributed by atoms with van der Waals surface area (Å²) >= 11 is 0. The van der Waals surface area contributed by atoms with Crippen molar-refractivity contribution in [2.45, 2.75) is 62.9 Å². The lowest BCUT2D eigenvalue weighted by atomic mass is 9.74. The normalized spacial score (nSPS) is 28.1. The van der Waals surface area contributed by atoms with Crippen LogP contribution >= 0.6 is 0 Å². The van der Waals surface area contributed by atoms with Gasteiger partial charge in [-0.1, -0.05) is 49.6 Å². The third-order valence-electron chi connectivity index (χ3n) is 5.33. The van der Waals surface area contributed by atoms with Crippen molar-refractivity contribution in [2.75, 3.05) is 14.2 Å². The third-order valence-corrected chi connectivity index (χ3v) is 5.33. The highest BCUT2D eigenvalue weighted by Crippen LogP contribution is 2.48. The molecule has 0 radical (unpaired) electrons. The molecule has 3 heteroatoms. The van der Waals surface area contributed by atoms with E-state index in [1.54, 1.807) is 14.2 Å². The molecule has 0 bridgehead atoms. The minimum atomic E-state index is -0.131. The van der Waals surface area contributed by atoms with Crippen molar-refractivity contribution in [1.29, 1.82) is 0 Å². The van der Waals surface area contributed by atoms with E-state index in [1.165, 1.54) is 37.7 Å². The quantitative estimate of drug-likeness (QED) is 0.768. The first kappa shape index (κ1) is 16.0. The Hall–Kier alpha value is -0.900. The van der Waals surface area contributed by atoms with Gasteiger partial charge in [0.1, 0.15) is 0 Å². The number of rotatable bonds is 4. The SMILES string of the molecule is COC(OC)[C@@H]1C[C@H](c2ccccc2)OC2(CCCCC2)C1. The molecule has 22 heavy (non-hydrogen) atoms. The van der Waals surface area contributed by atoms with Crippen LogP contribution < -0.4 is 0 Å². The maximum absolute atomic E-state index is 6.66. The highest BCUT2D eigenvalue weighted by Gasteiger charge is 2.45. The number of hydrogen-bond donors (Lipinski definition) is 0. The molecule has 1 heterocycles. The van der Waals surface area contributed by atoms with Gasteiger partial charge in [0.25, 0.3) is 0 Å². The van der Waals surface area contributed by atoms with Crippen molar-refractivity contribution >= 4 is 0 Å². The van der Waals surface area contributed by atoms with Crippen LogP contribution in [-0.4, -0.2) is 26.1 Å². The average Bonchev–Trinajstić information content (AvgIpc) is 2.57. The Kier molecular flexibility index (Phi) is 5.17. The average molecular weight is 304 g/mol. The summed E-state index contributed by atoms with van der Waals surface area (Å²) in [5.41, 5.74) is 1.31. The monoisotopic (exact) mass is 304 g/mol. The van der Waals surface area contributed by atoms with Crippen molar-refractivity contribution in [3.05, 3.63) is 35.9 Å². The summed E-state index contributed by atoms with van der Waals surface area (Å²) in [5.74, 6) is 0.395. The highest BCUT2D eigenvalue weighted by molar-refractivity contribution is 5.19. The van der Waals surface area contributed by atoms with Crippen LogP contribution in [0.15, 0.2) is 30.3 Å². The van der Waals surface area contributed by atoms with Gasteiger partial charge < -0.3 is 14.2 Å². The zero-order valence-corrected chi connectivity index (χ0v) is 13.8. The summed E-state index contributed by atoms with van der Waals surface area (Å²) in [6.07, 6.45) is 8.29. The van der Waals surface area contributed by atoms with Crippen LogP contribution in [0, 0.1) is 5.92 Å².